The number of halogens is 1. The van der Waals surface area contributed by atoms with Crippen molar-refractivity contribution in [2.75, 3.05) is 18.5 Å². The summed E-state index contributed by atoms with van der Waals surface area (Å²) in [6.07, 6.45) is 4.48. The molecule has 0 amide bonds. The van der Waals surface area contributed by atoms with E-state index in [9.17, 15) is 4.39 Å². The zero-order valence-corrected chi connectivity index (χ0v) is 14.9. The lowest BCUT2D eigenvalue weighted by atomic mass is 10.2. The fourth-order valence-electron chi connectivity index (χ4n) is 3.14. The molecule has 0 spiro atoms. The summed E-state index contributed by atoms with van der Waals surface area (Å²) in [6.45, 7) is 2.91. The number of aromatic nitrogens is 5. The van der Waals surface area contributed by atoms with Crippen LogP contribution in [0.5, 0.6) is 0 Å². The smallest absolute Gasteiger partial charge is 0.157 e. The van der Waals surface area contributed by atoms with Gasteiger partial charge in [-0.1, -0.05) is 13.3 Å². The first-order chi connectivity index (χ1) is 12.6. The van der Waals surface area contributed by atoms with Gasteiger partial charge in [-0.2, -0.15) is 9.61 Å². The fraction of sp³-hybridized carbons (Fsp3) is 0.316. The van der Waals surface area contributed by atoms with E-state index in [0.29, 0.717) is 0 Å². The highest BCUT2D eigenvalue weighted by Gasteiger charge is 2.12. The molecule has 26 heavy (non-hydrogen) atoms. The summed E-state index contributed by atoms with van der Waals surface area (Å²) in [6, 6.07) is 8.62. The van der Waals surface area contributed by atoms with Crippen LogP contribution < -0.4 is 4.90 Å². The van der Waals surface area contributed by atoms with Gasteiger partial charge < -0.3 is 9.88 Å². The molecule has 0 aliphatic heterocycles. The van der Waals surface area contributed by atoms with Gasteiger partial charge in [-0.25, -0.2) is 14.4 Å². The molecule has 0 aliphatic rings. The fourth-order valence-corrected chi connectivity index (χ4v) is 3.14. The van der Waals surface area contributed by atoms with Crippen molar-refractivity contribution in [1.82, 2.24) is 24.6 Å². The third-order valence-corrected chi connectivity index (χ3v) is 4.47. The molecule has 0 radical (unpaired) electrons. The molecular weight excluding hydrogens is 331 g/mol. The second kappa shape index (κ2) is 6.74. The summed E-state index contributed by atoms with van der Waals surface area (Å²) in [5, 5.41) is 4.39. The second-order valence-electron chi connectivity index (χ2n) is 6.47. The lowest BCUT2D eigenvalue weighted by molar-refractivity contribution is 0.629. The van der Waals surface area contributed by atoms with Crippen LogP contribution in [0.2, 0.25) is 0 Å². The number of aryl methyl sites for hydroxylation is 1. The van der Waals surface area contributed by atoms with Crippen molar-refractivity contribution < 1.29 is 4.39 Å². The van der Waals surface area contributed by atoms with Crippen LogP contribution in [0.1, 0.15) is 24.9 Å². The average molecular weight is 352 g/mol. The van der Waals surface area contributed by atoms with Crippen LogP contribution in [0.4, 0.5) is 10.2 Å². The standard InChI is InChI=1S/C19H21FN6/c1-3-4-14-12-19(26-18(22-14)7-9-21-26)25(2)10-8-17-23-15-6-5-13(20)11-16(15)24-17/h5-7,9,11-12H,3-4,8,10H2,1-2H3,(H,23,24). The SMILES string of the molecule is CCCc1cc(N(C)CCc2nc3ccc(F)cc3[nH]2)n2nccc2n1. The largest absolute Gasteiger partial charge is 0.359 e. The summed E-state index contributed by atoms with van der Waals surface area (Å²) >= 11 is 0. The molecule has 7 heteroatoms. The van der Waals surface area contributed by atoms with E-state index in [4.69, 9.17) is 0 Å². The van der Waals surface area contributed by atoms with Gasteiger partial charge in [-0.3, -0.25) is 0 Å². The molecule has 0 bridgehead atoms. The average Bonchev–Trinajstić information content (AvgIpc) is 3.25. The number of fused-ring (bicyclic) bond motifs is 2. The monoisotopic (exact) mass is 352 g/mol. The number of benzene rings is 1. The minimum absolute atomic E-state index is 0.258. The summed E-state index contributed by atoms with van der Waals surface area (Å²) in [4.78, 5) is 14.5. The Morgan fingerprint density at radius 3 is 2.88 bits per heavy atom. The van der Waals surface area contributed by atoms with Crippen LogP contribution in [0.25, 0.3) is 16.7 Å². The molecule has 134 valence electrons. The maximum absolute atomic E-state index is 13.3. The quantitative estimate of drug-likeness (QED) is 0.578. The van der Waals surface area contributed by atoms with E-state index in [1.807, 2.05) is 17.6 Å². The second-order valence-corrected chi connectivity index (χ2v) is 6.47. The summed E-state index contributed by atoms with van der Waals surface area (Å²) in [5.41, 5.74) is 3.44. The molecule has 3 aromatic heterocycles. The van der Waals surface area contributed by atoms with Crippen LogP contribution in [-0.4, -0.2) is 38.2 Å². The molecule has 0 atom stereocenters. The number of likely N-dealkylation sites (N-methyl/N-ethyl adjacent to an activating group) is 1. The van der Waals surface area contributed by atoms with Gasteiger partial charge in [0, 0.05) is 37.8 Å². The van der Waals surface area contributed by atoms with E-state index in [-0.39, 0.29) is 5.82 Å². The van der Waals surface area contributed by atoms with Crippen LogP contribution in [-0.2, 0) is 12.8 Å². The molecule has 6 nitrogen and oxygen atoms in total. The maximum atomic E-state index is 13.3. The van der Waals surface area contributed by atoms with Gasteiger partial charge in [0.2, 0.25) is 0 Å². The van der Waals surface area contributed by atoms with Gasteiger partial charge in [-0.15, -0.1) is 0 Å². The minimum Gasteiger partial charge on any atom is -0.359 e. The molecular formula is C19H21FN6. The van der Waals surface area contributed by atoms with Crippen LogP contribution >= 0.6 is 0 Å². The molecule has 1 aromatic carbocycles. The Kier molecular flexibility index (Phi) is 4.28. The molecule has 4 rings (SSSR count). The Balaban J connectivity index is 1.56. The third kappa shape index (κ3) is 3.12. The highest BCUT2D eigenvalue weighted by atomic mass is 19.1. The Hall–Kier alpha value is -2.96. The Morgan fingerprint density at radius 1 is 1.15 bits per heavy atom. The number of H-pyrrole nitrogens is 1. The lowest BCUT2D eigenvalue weighted by Crippen LogP contribution is -2.24. The molecule has 4 aromatic rings. The first-order valence-corrected chi connectivity index (χ1v) is 8.83. The van der Waals surface area contributed by atoms with Gasteiger partial charge in [0.05, 0.1) is 17.2 Å². The number of nitrogens with zero attached hydrogens (tertiary/aromatic N) is 5. The number of rotatable bonds is 6. The molecule has 0 aliphatic carbocycles. The molecule has 1 N–H and O–H groups in total. The normalized spacial score (nSPS) is 11.5. The van der Waals surface area contributed by atoms with E-state index in [1.165, 1.54) is 12.1 Å². The number of anilines is 1. The van der Waals surface area contributed by atoms with Crippen molar-refractivity contribution in [2.45, 2.75) is 26.2 Å². The number of nitrogens with one attached hydrogen (secondary N) is 1. The van der Waals surface area contributed by atoms with Gasteiger partial charge >= 0.3 is 0 Å². The lowest BCUT2D eigenvalue weighted by Gasteiger charge is -2.20. The molecule has 0 fully saturated rings. The molecule has 0 unspecified atom stereocenters. The zero-order chi connectivity index (χ0) is 18.1. The van der Waals surface area contributed by atoms with Gasteiger partial charge in [0.1, 0.15) is 17.5 Å². The van der Waals surface area contributed by atoms with Crippen molar-refractivity contribution in [2.24, 2.45) is 0 Å². The van der Waals surface area contributed by atoms with Gasteiger partial charge in [0.25, 0.3) is 0 Å². The Labute approximate surface area is 150 Å². The van der Waals surface area contributed by atoms with Crippen molar-refractivity contribution in [3.05, 3.63) is 53.9 Å². The van der Waals surface area contributed by atoms with Gasteiger partial charge in [-0.05, 0) is 24.6 Å². The Morgan fingerprint density at radius 2 is 2.04 bits per heavy atom. The minimum atomic E-state index is -0.258. The highest BCUT2D eigenvalue weighted by Crippen LogP contribution is 2.18. The third-order valence-electron chi connectivity index (χ3n) is 4.47. The van der Waals surface area contributed by atoms with E-state index in [1.54, 1.807) is 12.3 Å². The molecule has 3 heterocycles. The first kappa shape index (κ1) is 16.5. The van der Waals surface area contributed by atoms with E-state index >= 15 is 0 Å². The first-order valence-electron chi connectivity index (χ1n) is 8.83. The number of imidazole rings is 1. The van der Waals surface area contributed by atoms with Crippen molar-refractivity contribution in [3.63, 3.8) is 0 Å². The maximum Gasteiger partial charge on any atom is 0.157 e. The van der Waals surface area contributed by atoms with E-state index in [2.05, 4.69) is 37.9 Å². The van der Waals surface area contributed by atoms with E-state index < -0.39 is 0 Å². The number of aromatic amines is 1. The van der Waals surface area contributed by atoms with E-state index in [0.717, 1.165) is 59.8 Å². The van der Waals surface area contributed by atoms with Crippen molar-refractivity contribution >= 4 is 22.5 Å². The predicted molar refractivity (Wildman–Crippen MR) is 100 cm³/mol. The van der Waals surface area contributed by atoms with Crippen molar-refractivity contribution in [3.8, 4) is 0 Å². The van der Waals surface area contributed by atoms with Crippen LogP contribution in [0.15, 0.2) is 36.5 Å². The molecule has 0 saturated heterocycles. The predicted octanol–water partition coefficient (Wildman–Crippen LogP) is 3.38. The zero-order valence-electron chi connectivity index (χ0n) is 14.9. The highest BCUT2D eigenvalue weighted by molar-refractivity contribution is 5.74. The summed E-state index contributed by atoms with van der Waals surface area (Å²) in [7, 11) is 2.04. The number of hydrogen-bond acceptors (Lipinski definition) is 4. The Bertz CT molecular complexity index is 1050. The van der Waals surface area contributed by atoms with Crippen molar-refractivity contribution in [1.29, 1.82) is 0 Å². The topological polar surface area (TPSA) is 62.1 Å². The molecule has 0 saturated carbocycles. The number of hydrogen-bond donors (Lipinski definition) is 1. The summed E-state index contributed by atoms with van der Waals surface area (Å²) in [5.74, 6) is 1.59. The van der Waals surface area contributed by atoms with Crippen LogP contribution in [0, 0.1) is 5.82 Å². The van der Waals surface area contributed by atoms with Gasteiger partial charge in [0.15, 0.2) is 5.65 Å². The summed E-state index contributed by atoms with van der Waals surface area (Å²) < 4.78 is 15.2. The van der Waals surface area contributed by atoms with Crippen LogP contribution in [0.3, 0.4) is 0 Å².